The van der Waals surface area contributed by atoms with Crippen molar-refractivity contribution in [1.29, 1.82) is 0 Å². The van der Waals surface area contributed by atoms with E-state index in [1.54, 1.807) is 18.6 Å². The number of imidazole rings is 1. The average Bonchev–Trinajstić information content (AvgIpc) is 3.69. The van der Waals surface area contributed by atoms with E-state index in [1.807, 2.05) is 39.4 Å². The molecule has 0 atom stereocenters. The number of likely N-dealkylation sites (tertiary alicyclic amines) is 1. The van der Waals surface area contributed by atoms with E-state index in [0.29, 0.717) is 81.2 Å². The maximum Gasteiger partial charge on any atom is 0.245 e. The number of nitrogens with zero attached hydrogens (tertiary/aromatic N) is 7. The van der Waals surface area contributed by atoms with Gasteiger partial charge >= 0.3 is 0 Å². The number of carbonyl (C=O) groups excluding carboxylic acids is 1. The molecule has 6 rings (SSSR count). The number of anilines is 1. The Morgan fingerprint density at radius 2 is 1.84 bits per heavy atom. The molecule has 0 aliphatic carbocycles. The van der Waals surface area contributed by atoms with E-state index in [4.69, 9.17) is 42.8 Å². The second kappa shape index (κ2) is 11.7. The summed E-state index contributed by atoms with van der Waals surface area (Å²) in [6.07, 6.45) is 8.57. The number of pyridine rings is 2. The van der Waals surface area contributed by atoms with Gasteiger partial charge in [-0.3, -0.25) is 13.9 Å². The molecule has 13 heteroatoms. The smallest absolute Gasteiger partial charge is 0.245 e. The molecule has 11 nitrogen and oxygen atoms in total. The van der Waals surface area contributed by atoms with Crippen LogP contribution in [0.3, 0.4) is 0 Å². The molecule has 1 amide bonds. The molecule has 5 heterocycles. The van der Waals surface area contributed by atoms with Crippen LogP contribution in [0.1, 0.15) is 12.8 Å². The Morgan fingerprint density at radius 3 is 2.49 bits per heavy atom. The van der Waals surface area contributed by atoms with Crippen molar-refractivity contribution in [2.45, 2.75) is 19.4 Å². The second-order valence-electron chi connectivity index (χ2n) is 10.3. The normalized spacial score (nSPS) is 13.9. The molecule has 1 aromatic carbocycles. The number of nitrogens with one attached hydrogen (secondary N) is 1. The summed E-state index contributed by atoms with van der Waals surface area (Å²) in [4.78, 5) is 27.9. The zero-order chi connectivity index (χ0) is 30.2. The number of benzene rings is 1. The maximum atomic E-state index is 11.9. The topological polar surface area (TPSA) is 112 Å². The lowest BCUT2D eigenvalue weighted by atomic mass is 9.97. The van der Waals surface area contributed by atoms with E-state index in [9.17, 15) is 4.79 Å². The Kier molecular flexibility index (Phi) is 7.85. The number of carbonyl (C=O) groups is 1. The van der Waals surface area contributed by atoms with Crippen LogP contribution in [-0.4, -0.2) is 74.3 Å². The molecule has 43 heavy (non-hydrogen) atoms. The molecule has 1 fully saturated rings. The lowest BCUT2D eigenvalue weighted by molar-refractivity contribution is -0.127. The molecule has 222 valence electrons. The third-order valence-electron chi connectivity index (χ3n) is 7.83. The van der Waals surface area contributed by atoms with E-state index in [1.165, 1.54) is 20.3 Å². The highest BCUT2D eigenvalue weighted by molar-refractivity contribution is 6.41. The van der Waals surface area contributed by atoms with Crippen molar-refractivity contribution in [2.75, 3.05) is 39.7 Å². The molecule has 0 saturated carbocycles. The van der Waals surface area contributed by atoms with E-state index in [-0.39, 0.29) is 5.91 Å². The zero-order valence-corrected chi connectivity index (χ0v) is 25.5. The van der Waals surface area contributed by atoms with Gasteiger partial charge in [-0.1, -0.05) is 29.8 Å². The van der Waals surface area contributed by atoms with Gasteiger partial charge in [0.05, 0.1) is 29.8 Å². The van der Waals surface area contributed by atoms with Gasteiger partial charge in [0.15, 0.2) is 0 Å². The molecular formula is C30H30Cl2N8O3. The van der Waals surface area contributed by atoms with Crippen LogP contribution in [0.25, 0.3) is 39.2 Å². The number of amides is 1. The van der Waals surface area contributed by atoms with E-state index < -0.39 is 0 Å². The fourth-order valence-electron chi connectivity index (χ4n) is 5.53. The Balaban J connectivity index is 1.43. The van der Waals surface area contributed by atoms with Crippen molar-refractivity contribution in [3.63, 3.8) is 0 Å². The molecule has 1 aliphatic rings. The minimum absolute atomic E-state index is 0.0205. The van der Waals surface area contributed by atoms with Crippen molar-refractivity contribution in [3.05, 3.63) is 59.6 Å². The predicted octanol–water partition coefficient (Wildman–Crippen LogP) is 5.60. The highest BCUT2D eigenvalue weighted by atomic mass is 35.5. The minimum Gasteiger partial charge on any atom is -0.495 e. The first-order valence-electron chi connectivity index (χ1n) is 13.8. The monoisotopic (exact) mass is 620 g/mol. The van der Waals surface area contributed by atoms with Gasteiger partial charge in [-0.05, 0) is 30.9 Å². The molecule has 0 spiro atoms. The second-order valence-corrected chi connectivity index (χ2v) is 11.1. The fraction of sp³-hybridized carbons (Fsp3) is 0.300. The summed E-state index contributed by atoms with van der Waals surface area (Å²) in [5.41, 5.74) is 3.26. The zero-order valence-electron chi connectivity index (χ0n) is 24.0. The number of piperidine rings is 1. The molecule has 1 N–H and O–H groups in total. The minimum atomic E-state index is -0.0205. The SMILES string of the molecule is C=CC(=O)N1CCC(Cn2cnc(-c3cn4c(n3)c(-c3c(Cl)c(OC)cc(OC)c3Cl)cc3cnc(NC)cc34)n2)CC1. The molecule has 1 saturated heterocycles. The first-order chi connectivity index (χ1) is 20.8. The predicted molar refractivity (Wildman–Crippen MR) is 167 cm³/mol. The van der Waals surface area contributed by atoms with E-state index >= 15 is 0 Å². The van der Waals surface area contributed by atoms with Crippen LogP contribution in [0.15, 0.2) is 49.6 Å². The number of rotatable bonds is 8. The summed E-state index contributed by atoms with van der Waals surface area (Å²) >= 11 is 13.7. The molecule has 4 aromatic heterocycles. The quantitative estimate of drug-likeness (QED) is 0.223. The third kappa shape index (κ3) is 5.23. The summed E-state index contributed by atoms with van der Waals surface area (Å²) in [5.74, 6) is 2.41. The highest BCUT2D eigenvalue weighted by Crippen LogP contribution is 2.47. The number of aromatic nitrogens is 6. The van der Waals surface area contributed by atoms with Crippen LogP contribution in [0.2, 0.25) is 10.0 Å². The molecule has 0 radical (unpaired) electrons. The Labute approximate surface area is 258 Å². The summed E-state index contributed by atoms with van der Waals surface area (Å²) in [7, 11) is 4.90. The third-order valence-corrected chi connectivity index (χ3v) is 8.58. The average molecular weight is 622 g/mol. The molecule has 5 aromatic rings. The number of fused-ring (bicyclic) bond motifs is 3. The Hall–Kier alpha value is -4.35. The number of hydrogen-bond donors (Lipinski definition) is 1. The van der Waals surface area contributed by atoms with Gasteiger partial charge in [-0.2, -0.15) is 0 Å². The van der Waals surface area contributed by atoms with Gasteiger partial charge in [-0.15, -0.1) is 5.10 Å². The van der Waals surface area contributed by atoms with Crippen molar-refractivity contribution in [3.8, 4) is 34.1 Å². The van der Waals surface area contributed by atoms with Gasteiger partial charge in [-0.25, -0.2) is 15.0 Å². The van der Waals surface area contributed by atoms with Gasteiger partial charge in [0, 0.05) is 67.7 Å². The number of hydrogen-bond acceptors (Lipinski definition) is 8. The van der Waals surface area contributed by atoms with Crippen LogP contribution in [0, 0.1) is 5.92 Å². The fourth-order valence-corrected chi connectivity index (χ4v) is 6.23. The van der Waals surface area contributed by atoms with Crippen LogP contribution in [-0.2, 0) is 11.3 Å². The number of ether oxygens (including phenoxy) is 2. The number of halogens is 2. The van der Waals surface area contributed by atoms with Crippen molar-refractivity contribution < 1.29 is 14.3 Å². The summed E-state index contributed by atoms with van der Waals surface area (Å²) in [6.45, 7) is 5.72. The standard InChI is InChI=1S/C30H30Cl2N8O3/c1-5-25(41)38-8-6-17(7-9-38)14-39-16-35-29(37-39)20-15-40-21-11-24(33-2)34-13-18(21)10-19(30(40)36-20)26-27(31)22(42-3)12-23(43-4)28(26)32/h5,10-13,15-17H,1,6-9,14H2,2-4H3,(H,33,34). The Morgan fingerprint density at radius 1 is 1.12 bits per heavy atom. The highest BCUT2D eigenvalue weighted by Gasteiger charge is 2.25. The first kappa shape index (κ1) is 28.8. The Bertz CT molecular complexity index is 1830. The first-order valence-corrected chi connectivity index (χ1v) is 14.5. The van der Waals surface area contributed by atoms with Gasteiger partial charge in [0.1, 0.15) is 35.0 Å². The molecule has 1 aliphatic heterocycles. The van der Waals surface area contributed by atoms with Crippen LogP contribution in [0.5, 0.6) is 11.5 Å². The van der Waals surface area contributed by atoms with E-state index in [0.717, 1.165) is 23.7 Å². The largest absolute Gasteiger partial charge is 0.495 e. The summed E-state index contributed by atoms with van der Waals surface area (Å²) in [6, 6.07) is 5.56. The summed E-state index contributed by atoms with van der Waals surface area (Å²) in [5, 5.41) is 9.38. The lowest BCUT2D eigenvalue weighted by Crippen LogP contribution is -2.38. The van der Waals surface area contributed by atoms with Gasteiger partial charge in [0.2, 0.25) is 11.7 Å². The van der Waals surface area contributed by atoms with Gasteiger partial charge < -0.3 is 19.7 Å². The molecule has 0 unspecified atom stereocenters. The summed E-state index contributed by atoms with van der Waals surface area (Å²) < 4.78 is 14.9. The number of methoxy groups -OCH3 is 2. The maximum absolute atomic E-state index is 11.9. The van der Waals surface area contributed by atoms with Crippen LogP contribution >= 0.6 is 23.2 Å². The van der Waals surface area contributed by atoms with Crippen LogP contribution < -0.4 is 14.8 Å². The van der Waals surface area contributed by atoms with Crippen LogP contribution in [0.4, 0.5) is 5.82 Å². The van der Waals surface area contributed by atoms with Gasteiger partial charge in [0.25, 0.3) is 0 Å². The van der Waals surface area contributed by atoms with Crippen molar-refractivity contribution in [1.82, 2.24) is 34.0 Å². The molecule has 0 bridgehead atoms. The lowest BCUT2D eigenvalue weighted by Gasteiger charge is -2.31. The van der Waals surface area contributed by atoms with E-state index in [2.05, 4.69) is 21.9 Å². The molecular weight excluding hydrogens is 591 g/mol. The van der Waals surface area contributed by atoms with Crippen molar-refractivity contribution >= 4 is 51.5 Å². The van der Waals surface area contributed by atoms with Crippen molar-refractivity contribution in [2.24, 2.45) is 5.92 Å².